The Hall–Kier alpha value is -2.13. The average molecular weight is 383 g/mol. The summed E-state index contributed by atoms with van der Waals surface area (Å²) in [6, 6.07) is 16.9. The van der Waals surface area contributed by atoms with Gasteiger partial charge in [-0.2, -0.15) is 0 Å². The monoisotopic (exact) mass is 382 g/mol. The van der Waals surface area contributed by atoms with Crippen LogP contribution in [0.1, 0.15) is 53.0 Å². The number of hydrogen-bond acceptors (Lipinski definition) is 3. The van der Waals surface area contributed by atoms with E-state index in [4.69, 9.17) is 9.47 Å². The lowest BCUT2D eigenvalue weighted by molar-refractivity contribution is -0.131. The van der Waals surface area contributed by atoms with E-state index in [1.165, 1.54) is 16.7 Å². The van der Waals surface area contributed by atoms with Crippen LogP contribution in [0.5, 0.6) is 5.75 Å². The zero-order chi connectivity index (χ0) is 20.7. The summed E-state index contributed by atoms with van der Waals surface area (Å²) in [5, 5.41) is 0. The van der Waals surface area contributed by atoms with Gasteiger partial charge in [0.1, 0.15) is 19.0 Å². The summed E-state index contributed by atoms with van der Waals surface area (Å²) in [5.74, 6) is 2.11. The van der Waals surface area contributed by atoms with Crippen LogP contribution in [-0.4, -0.2) is 25.6 Å². The van der Waals surface area contributed by atoms with Crippen LogP contribution >= 0.6 is 0 Å². The van der Waals surface area contributed by atoms with Crippen molar-refractivity contribution in [2.75, 3.05) is 19.8 Å². The van der Waals surface area contributed by atoms with Gasteiger partial charge in [-0.3, -0.25) is 4.79 Å². The maximum absolute atomic E-state index is 11.8. The molecule has 0 bridgehead atoms. The van der Waals surface area contributed by atoms with Crippen LogP contribution in [0.4, 0.5) is 0 Å². The van der Waals surface area contributed by atoms with Gasteiger partial charge in [-0.25, -0.2) is 0 Å². The third-order valence-corrected chi connectivity index (χ3v) is 5.19. The summed E-state index contributed by atoms with van der Waals surface area (Å²) >= 11 is 0. The predicted molar refractivity (Wildman–Crippen MR) is 116 cm³/mol. The highest BCUT2D eigenvalue weighted by Crippen LogP contribution is 2.27. The third-order valence-electron chi connectivity index (χ3n) is 5.19. The molecule has 1 atom stereocenters. The van der Waals surface area contributed by atoms with E-state index in [1.807, 2.05) is 32.9 Å². The van der Waals surface area contributed by atoms with Crippen molar-refractivity contribution in [1.82, 2.24) is 0 Å². The fraction of sp³-hybridized carbons (Fsp3) is 0.480. The van der Waals surface area contributed by atoms with E-state index >= 15 is 0 Å². The van der Waals surface area contributed by atoms with Crippen LogP contribution in [0.25, 0.3) is 11.1 Å². The Morgan fingerprint density at radius 1 is 0.857 bits per heavy atom. The lowest BCUT2D eigenvalue weighted by Crippen LogP contribution is -2.25. The Bertz CT molecular complexity index is 737. The number of benzene rings is 2. The quantitative estimate of drug-likeness (QED) is 0.490. The first-order valence-electron chi connectivity index (χ1n) is 10.1. The molecule has 2 aromatic rings. The Balaban J connectivity index is 1.82. The fourth-order valence-corrected chi connectivity index (χ4v) is 2.71. The summed E-state index contributed by atoms with van der Waals surface area (Å²) in [5.41, 5.74) is 3.39. The van der Waals surface area contributed by atoms with Gasteiger partial charge >= 0.3 is 0 Å². The number of carbonyl (C=O) groups is 1. The van der Waals surface area contributed by atoms with Gasteiger partial charge in [0.25, 0.3) is 0 Å². The predicted octanol–water partition coefficient (Wildman–Crippen LogP) is 6.12. The normalized spacial score (nSPS) is 12.8. The minimum atomic E-state index is -0.359. The molecule has 0 aliphatic rings. The fourth-order valence-electron chi connectivity index (χ4n) is 2.71. The summed E-state index contributed by atoms with van der Waals surface area (Å²) in [6.07, 6.45) is 0. The zero-order valence-electron chi connectivity index (χ0n) is 18.1. The lowest BCUT2D eigenvalue weighted by Gasteiger charge is -2.16. The molecule has 28 heavy (non-hydrogen) atoms. The summed E-state index contributed by atoms with van der Waals surface area (Å²) < 4.78 is 11.1. The smallest absolute Gasteiger partial charge is 0.163 e. The molecule has 0 saturated heterocycles. The van der Waals surface area contributed by atoms with E-state index in [1.54, 1.807) is 0 Å². The summed E-state index contributed by atoms with van der Waals surface area (Å²) in [6.45, 7) is 13.4. The van der Waals surface area contributed by atoms with Crippen molar-refractivity contribution in [2.24, 2.45) is 11.3 Å². The first-order valence-corrected chi connectivity index (χ1v) is 10.1. The molecule has 0 spiro atoms. The van der Waals surface area contributed by atoms with Crippen molar-refractivity contribution >= 4 is 5.78 Å². The molecule has 0 saturated carbocycles. The standard InChI is InChI=1S/C25H34O3/c1-18(2)19(3)20-7-9-21(10-8-20)22-11-13-23(14-12-22)28-16-15-27-17-24(26)25(4,5)6/h7-14,18-19H,15-17H2,1-6H3. The minimum Gasteiger partial charge on any atom is -0.491 e. The number of hydrogen-bond donors (Lipinski definition) is 0. The Kier molecular flexibility index (Phi) is 7.82. The van der Waals surface area contributed by atoms with Gasteiger partial charge in [0.05, 0.1) is 6.61 Å². The molecule has 1 unspecified atom stereocenters. The number of Topliss-reactive ketones (excluding diaryl/α,β-unsaturated/α-hetero) is 1. The molecule has 3 nitrogen and oxygen atoms in total. The molecule has 152 valence electrons. The van der Waals surface area contributed by atoms with Crippen molar-refractivity contribution in [3.05, 3.63) is 54.1 Å². The van der Waals surface area contributed by atoms with Gasteiger partial charge in [0.15, 0.2) is 5.78 Å². The van der Waals surface area contributed by atoms with Gasteiger partial charge in [-0.1, -0.05) is 77.9 Å². The summed E-state index contributed by atoms with van der Waals surface area (Å²) in [7, 11) is 0. The van der Waals surface area contributed by atoms with Crippen LogP contribution in [0, 0.1) is 11.3 Å². The van der Waals surface area contributed by atoms with Gasteiger partial charge in [0, 0.05) is 5.41 Å². The van der Waals surface area contributed by atoms with Crippen LogP contribution in [0.3, 0.4) is 0 Å². The van der Waals surface area contributed by atoms with E-state index < -0.39 is 0 Å². The molecular weight excluding hydrogens is 348 g/mol. The first-order chi connectivity index (χ1) is 13.2. The number of ether oxygens (including phenoxy) is 2. The van der Waals surface area contributed by atoms with E-state index in [0.717, 1.165) is 5.75 Å². The number of carbonyl (C=O) groups excluding carboxylic acids is 1. The van der Waals surface area contributed by atoms with Crippen LogP contribution in [0.2, 0.25) is 0 Å². The molecule has 0 aliphatic heterocycles. The topological polar surface area (TPSA) is 35.5 Å². The van der Waals surface area contributed by atoms with Gasteiger partial charge in [0.2, 0.25) is 0 Å². The van der Waals surface area contributed by atoms with Crippen molar-refractivity contribution in [3.63, 3.8) is 0 Å². The van der Waals surface area contributed by atoms with Crippen LogP contribution < -0.4 is 4.74 Å². The van der Waals surface area contributed by atoms with Gasteiger partial charge in [-0.15, -0.1) is 0 Å². The molecule has 2 aromatic carbocycles. The summed E-state index contributed by atoms with van der Waals surface area (Å²) in [4.78, 5) is 11.8. The minimum absolute atomic E-state index is 0.102. The maximum Gasteiger partial charge on any atom is 0.163 e. The van der Waals surface area contributed by atoms with E-state index in [2.05, 4.69) is 57.2 Å². The van der Waals surface area contributed by atoms with Crippen LogP contribution in [0.15, 0.2) is 48.5 Å². The molecular formula is C25H34O3. The molecule has 0 aliphatic carbocycles. The molecule has 0 heterocycles. The molecule has 0 fully saturated rings. The van der Waals surface area contributed by atoms with Gasteiger partial charge < -0.3 is 9.47 Å². The highest BCUT2D eigenvalue weighted by molar-refractivity contribution is 5.84. The average Bonchev–Trinajstić information content (AvgIpc) is 2.67. The second-order valence-corrected chi connectivity index (χ2v) is 8.75. The Morgan fingerprint density at radius 3 is 1.89 bits per heavy atom. The van der Waals surface area contributed by atoms with E-state index in [0.29, 0.717) is 25.0 Å². The number of ketones is 1. The molecule has 0 amide bonds. The highest BCUT2D eigenvalue weighted by Gasteiger charge is 2.20. The van der Waals surface area contributed by atoms with Crippen molar-refractivity contribution in [2.45, 2.75) is 47.5 Å². The van der Waals surface area contributed by atoms with E-state index in [9.17, 15) is 4.79 Å². The van der Waals surface area contributed by atoms with Gasteiger partial charge in [-0.05, 0) is 40.7 Å². The van der Waals surface area contributed by atoms with Crippen molar-refractivity contribution in [1.29, 1.82) is 0 Å². The zero-order valence-corrected chi connectivity index (χ0v) is 18.1. The first kappa shape index (κ1) is 22.2. The van der Waals surface area contributed by atoms with E-state index in [-0.39, 0.29) is 17.8 Å². The molecule has 0 radical (unpaired) electrons. The third kappa shape index (κ3) is 6.49. The van der Waals surface area contributed by atoms with Crippen LogP contribution in [-0.2, 0) is 9.53 Å². The largest absolute Gasteiger partial charge is 0.491 e. The highest BCUT2D eigenvalue weighted by atomic mass is 16.5. The SMILES string of the molecule is CC(C)C(C)c1ccc(-c2ccc(OCCOCC(=O)C(C)(C)C)cc2)cc1. The Labute approximate surface area is 170 Å². The van der Waals surface area contributed by atoms with Crippen molar-refractivity contribution < 1.29 is 14.3 Å². The second kappa shape index (κ2) is 9.88. The number of rotatable bonds is 9. The maximum atomic E-state index is 11.8. The molecule has 2 rings (SSSR count). The molecule has 0 N–H and O–H groups in total. The second-order valence-electron chi connectivity index (χ2n) is 8.75. The Morgan fingerprint density at radius 2 is 1.39 bits per heavy atom. The molecule has 3 heteroatoms. The molecule has 0 aromatic heterocycles. The lowest BCUT2D eigenvalue weighted by atomic mass is 9.89. The van der Waals surface area contributed by atoms with Crippen molar-refractivity contribution in [3.8, 4) is 16.9 Å².